The summed E-state index contributed by atoms with van der Waals surface area (Å²) in [6, 6.07) is 8.38. The number of hydrogen-bond acceptors (Lipinski definition) is 7. The van der Waals surface area contributed by atoms with Crippen molar-refractivity contribution in [3.63, 3.8) is 0 Å². The number of amides is 5. The summed E-state index contributed by atoms with van der Waals surface area (Å²) in [4.78, 5) is 66.0. The Morgan fingerprint density at radius 1 is 1.02 bits per heavy atom. The minimum atomic E-state index is -0.994. The molecule has 1 aromatic rings. The maximum absolute atomic E-state index is 13.5. The quantitative estimate of drug-likeness (QED) is 0.262. The molecule has 0 radical (unpaired) electrons. The number of hydrogen-bond donors (Lipinski definition) is 3. The number of carbonyl (C=O) groups is 5. The van der Waals surface area contributed by atoms with Crippen LogP contribution in [0.4, 0.5) is 9.59 Å². The number of benzene rings is 1. The smallest absolute Gasteiger partial charge is 0.407 e. The molecule has 0 aliphatic carbocycles. The third-order valence-electron chi connectivity index (χ3n) is 7.22. The van der Waals surface area contributed by atoms with Crippen LogP contribution in [0.2, 0.25) is 0 Å². The molecular weight excluding hydrogens is 518 g/mol. The molecule has 2 heterocycles. The van der Waals surface area contributed by atoms with Crippen molar-refractivity contribution in [3.05, 3.63) is 35.9 Å². The Kier molecular flexibility index (Phi) is 11.6. The van der Waals surface area contributed by atoms with Gasteiger partial charge < -0.3 is 35.2 Å². The molecule has 3 rings (SSSR count). The Hall–Kier alpha value is -3.83. The van der Waals surface area contributed by atoms with Crippen LogP contribution in [0.1, 0.15) is 57.9 Å². The summed E-state index contributed by atoms with van der Waals surface area (Å²) in [5.74, 6) is -0.822. The van der Waals surface area contributed by atoms with E-state index < -0.39 is 29.7 Å². The van der Waals surface area contributed by atoms with Gasteiger partial charge in [-0.2, -0.15) is 0 Å². The fourth-order valence-corrected chi connectivity index (χ4v) is 5.11. The second kappa shape index (κ2) is 15.1. The molecule has 2 aliphatic rings. The topological polar surface area (TPSA) is 146 Å². The van der Waals surface area contributed by atoms with Crippen molar-refractivity contribution in [2.75, 3.05) is 39.3 Å². The highest BCUT2D eigenvalue weighted by Gasteiger charge is 2.53. The Labute approximate surface area is 235 Å². The molecule has 2 fully saturated rings. The van der Waals surface area contributed by atoms with E-state index in [-0.39, 0.29) is 44.7 Å². The van der Waals surface area contributed by atoms with Gasteiger partial charge in [-0.05, 0) is 51.0 Å². The van der Waals surface area contributed by atoms with Gasteiger partial charge in [-0.1, -0.05) is 37.3 Å². The van der Waals surface area contributed by atoms with E-state index in [2.05, 4.69) is 16.0 Å². The molecule has 0 unspecified atom stereocenters. The zero-order valence-corrected chi connectivity index (χ0v) is 23.4. The Morgan fingerprint density at radius 2 is 1.75 bits per heavy atom. The Bertz CT molecular complexity index is 1030. The molecule has 0 saturated carbocycles. The fourth-order valence-electron chi connectivity index (χ4n) is 5.11. The summed E-state index contributed by atoms with van der Waals surface area (Å²) >= 11 is 0. The molecule has 1 spiro atoms. The van der Waals surface area contributed by atoms with Crippen LogP contribution in [-0.2, 0) is 30.5 Å². The van der Waals surface area contributed by atoms with Crippen molar-refractivity contribution in [3.8, 4) is 0 Å². The zero-order chi connectivity index (χ0) is 29.0. The molecule has 0 bridgehead atoms. The first-order valence-electron chi connectivity index (χ1n) is 14.1. The van der Waals surface area contributed by atoms with Crippen molar-refractivity contribution in [2.45, 2.75) is 70.6 Å². The maximum Gasteiger partial charge on any atom is 0.407 e. The second-order valence-electron chi connectivity index (χ2n) is 9.98. The monoisotopic (exact) mass is 559 g/mol. The second-order valence-corrected chi connectivity index (χ2v) is 9.98. The number of nitrogens with one attached hydrogen (secondary N) is 3. The van der Waals surface area contributed by atoms with E-state index >= 15 is 0 Å². The van der Waals surface area contributed by atoms with Crippen LogP contribution in [-0.4, -0.2) is 90.6 Å². The predicted molar refractivity (Wildman–Crippen MR) is 146 cm³/mol. The lowest BCUT2D eigenvalue weighted by molar-refractivity contribution is -0.161. The molecule has 1 aromatic carbocycles. The van der Waals surface area contributed by atoms with Crippen LogP contribution in [0.15, 0.2) is 30.3 Å². The molecule has 0 aromatic heterocycles. The highest BCUT2D eigenvalue weighted by atomic mass is 16.5. The van der Waals surface area contributed by atoms with Gasteiger partial charge in [0.1, 0.15) is 24.7 Å². The lowest BCUT2D eigenvalue weighted by Crippen LogP contribution is -2.73. The normalized spacial score (nSPS) is 18.2. The van der Waals surface area contributed by atoms with Crippen molar-refractivity contribution in [2.24, 2.45) is 0 Å². The van der Waals surface area contributed by atoms with Crippen LogP contribution in [0.25, 0.3) is 0 Å². The molecule has 5 amide bonds. The molecule has 1 atom stereocenters. The van der Waals surface area contributed by atoms with Crippen LogP contribution in [0, 0.1) is 0 Å². The van der Waals surface area contributed by atoms with Crippen molar-refractivity contribution < 1.29 is 33.4 Å². The first-order chi connectivity index (χ1) is 19.3. The van der Waals surface area contributed by atoms with Crippen LogP contribution in [0.3, 0.4) is 0 Å². The van der Waals surface area contributed by atoms with E-state index in [9.17, 15) is 24.0 Å². The average molecular weight is 560 g/mol. The van der Waals surface area contributed by atoms with Gasteiger partial charge >= 0.3 is 18.1 Å². The van der Waals surface area contributed by atoms with Crippen LogP contribution < -0.4 is 16.0 Å². The van der Waals surface area contributed by atoms with Gasteiger partial charge in [-0.25, -0.2) is 9.59 Å². The summed E-state index contributed by atoms with van der Waals surface area (Å²) in [6.45, 7) is 5.28. The molecule has 40 heavy (non-hydrogen) atoms. The fraction of sp³-hybridized carbons (Fsp3) is 0.607. The van der Waals surface area contributed by atoms with Gasteiger partial charge in [0.05, 0.1) is 6.61 Å². The van der Waals surface area contributed by atoms with E-state index in [0.29, 0.717) is 51.6 Å². The number of piperazine rings is 1. The number of carbonyl (C=O) groups excluding carboxylic acids is 5. The standard InChI is InChI=1S/C28H41N5O7/c1-3-16-33-24(35)22(12-8-9-15-29-27(38)40-20-21-10-6-5-7-11-21)31-25(36)28(33)13-17-32(18-14-28)26(37)30-19-23(34)39-4-2/h5-7,10-11,22H,3-4,8-9,12-20H2,1-2H3,(H,29,38)(H,30,37)(H,31,36)/t22-/m0/s1. The van der Waals surface area contributed by atoms with E-state index in [4.69, 9.17) is 9.47 Å². The first-order valence-corrected chi connectivity index (χ1v) is 14.1. The highest BCUT2D eigenvalue weighted by Crippen LogP contribution is 2.34. The predicted octanol–water partition coefficient (Wildman–Crippen LogP) is 1.93. The minimum Gasteiger partial charge on any atom is -0.465 e. The van der Waals surface area contributed by atoms with E-state index in [1.165, 1.54) is 0 Å². The van der Waals surface area contributed by atoms with Gasteiger partial charge in [0, 0.05) is 26.2 Å². The van der Waals surface area contributed by atoms with Crippen molar-refractivity contribution in [1.29, 1.82) is 0 Å². The molecular formula is C28H41N5O7. The maximum atomic E-state index is 13.5. The van der Waals surface area contributed by atoms with E-state index in [1.807, 2.05) is 37.3 Å². The van der Waals surface area contributed by atoms with Gasteiger partial charge in [0.2, 0.25) is 11.8 Å². The largest absolute Gasteiger partial charge is 0.465 e. The summed E-state index contributed by atoms with van der Waals surface area (Å²) in [7, 11) is 0. The van der Waals surface area contributed by atoms with Crippen LogP contribution >= 0.6 is 0 Å². The van der Waals surface area contributed by atoms with Gasteiger partial charge in [0.25, 0.3) is 0 Å². The third-order valence-corrected chi connectivity index (χ3v) is 7.22. The Morgan fingerprint density at radius 3 is 2.42 bits per heavy atom. The summed E-state index contributed by atoms with van der Waals surface area (Å²) < 4.78 is 10.0. The number of nitrogens with zero attached hydrogens (tertiary/aromatic N) is 2. The number of urea groups is 1. The van der Waals surface area contributed by atoms with Gasteiger partial charge in [-0.3, -0.25) is 14.4 Å². The number of alkyl carbamates (subject to hydrolysis) is 1. The van der Waals surface area contributed by atoms with Gasteiger partial charge in [-0.15, -0.1) is 0 Å². The number of rotatable bonds is 12. The lowest BCUT2D eigenvalue weighted by atomic mass is 9.81. The third kappa shape index (κ3) is 8.09. The number of piperidine rings is 1. The first kappa shape index (κ1) is 30.7. The molecule has 2 saturated heterocycles. The number of likely N-dealkylation sites (tertiary alicyclic amines) is 1. The van der Waals surface area contributed by atoms with Gasteiger partial charge in [0.15, 0.2) is 0 Å². The Balaban J connectivity index is 1.44. The summed E-state index contributed by atoms with van der Waals surface area (Å²) in [5, 5.41) is 8.19. The number of ether oxygens (including phenoxy) is 2. The number of esters is 1. The van der Waals surface area contributed by atoms with E-state index in [1.54, 1.807) is 16.7 Å². The van der Waals surface area contributed by atoms with Crippen molar-refractivity contribution in [1.82, 2.24) is 25.8 Å². The molecule has 3 N–H and O–H groups in total. The highest BCUT2D eigenvalue weighted by molar-refractivity contribution is 6.00. The summed E-state index contributed by atoms with van der Waals surface area (Å²) in [5.41, 5.74) is -0.0903. The molecule has 2 aliphatic heterocycles. The molecule has 12 nitrogen and oxygen atoms in total. The number of unbranched alkanes of at least 4 members (excludes halogenated alkanes) is 1. The van der Waals surface area contributed by atoms with E-state index in [0.717, 1.165) is 5.56 Å². The minimum absolute atomic E-state index is 0.114. The SMILES string of the molecule is CCCN1C(=O)[C@H](CCCCNC(=O)OCc2ccccc2)NC(=O)C12CCN(C(=O)NCC(=O)OCC)CC2. The zero-order valence-electron chi connectivity index (χ0n) is 23.4. The average Bonchev–Trinajstić information content (AvgIpc) is 2.96. The van der Waals surface area contributed by atoms with Crippen LogP contribution in [0.5, 0.6) is 0 Å². The summed E-state index contributed by atoms with van der Waals surface area (Å²) in [6.07, 6.45) is 2.57. The van der Waals surface area contributed by atoms with Crippen molar-refractivity contribution >= 4 is 29.9 Å². The molecule has 12 heteroatoms. The molecule has 220 valence electrons. The lowest BCUT2D eigenvalue weighted by Gasteiger charge is -2.51.